The molecule has 5 heteroatoms. The van der Waals surface area contributed by atoms with Gasteiger partial charge in [0, 0.05) is 18.4 Å². The Kier molecular flexibility index (Phi) is 6.12. The second kappa shape index (κ2) is 9.13. The quantitative estimate of drug-likeness (QED) is 0.571. The molecule has 4 rings (SSSR count). The van der Waals surface area contributed by atoms with E-state index in [0.29, 0.717) is 6.42 Å². The molecule has 0 spiro atoms. The van der Waals surface area contributed by atoms with Gasteiger partial charge in [-0.25, -0.2) is 9.18 Å². The molecule has 31 heavy (non-hydrogen) atoms. The molecule has 1 N–H and O–H groups in total. The molecule has 1 aliphatic rings. The molecular weight excluding hydrogens is 393 g/mol. The summed E-state index contributed by atoms with van der Waals surface area (Å²) in [5.74, 6) is -0.385. The summed E-state index contributed by atoms with van der Waals surface area (Å²) in [5.41, 5.74) is 5.45. The highest BCUT2D eigenvalue weighted by atomic mass is 19.1. The molecule has 0 aromatic heterocycles. The van der Waals surface area contributed by atoms with Crippen molar-refractivity contribution in [3.05, 3.63) is 95.3 Å². The minimum atomic E-state index is -0.560. The maximum atomic E-state index is 13.2. The first-order chi connectivity index (χ1) is 15.0. The molecule has 0 saturated heterocycles. The Morgan fingerprint density at radius 2 is 1.52 bits per heavy atom. The Balaban J connectivity index is 1.42. The molecule has 3 aromatic carbocycles. The highest BCUT2D eigenvalue weighted by Crippen LogP contribution is 2.44. The van der Waals surface area contributed by atoms with Crippen LogP contribution in [0.3, 0.4) is 0 Å². The van der Waals surface area contributed by atoms with E-state index in [0.717, 1.165) is 27.8 Å². The van der Waals surface area contributed by atoms with Gasteiger partial charge < -0.3 is 10.1 Å². The van der Waals surface area contributed by atoms with Crippen molar-refractivity contribution in [3.8, 4) is 11.1 Å². The van der Waals surface area contributed by atoms with Crippen molar-refractivity contribution in [2.45, 2.75) is 31.7 Å². The topological polar surface area (TPSA) is 55.4 Å². The first-order valence-corrected chi connectivity index (χ1v) is 10.4. The molecule has 0 aliphatic heterocycles. The SMILES string of the molecule is CC(=O)C[C@H](Cc1ccc(F)cc1)NC(=O)OCC1c2ccccc2-c2ccccc21. The lowest BCUT2D eigenvalue weighted by atomic mass is 9.98. The number of halogens is 1. The van der Waals surface area contributed by atoms with Gasteiger partial charge in [0.2, 0.25) is 0 Å². The molecule has 1 aliphatic carbocycles. The van der Waals surface area contributed by atoms with E-state index in [4.69, 9.17) is 4.74 Å². The first-order valence-electron chi connectivity index (χ1n) is 10.4. The average Bonchev–Trinajstić information content (AvgIpc) is 3.07. The van der Waals surface area contributed by atoms with Crippen molar-refractivity contribution in [2.75, 3.05) is 6.61 Å². The molecule has 0 saturated carbocycles. The predicted molar refractivity (Wildman–Crippen MR) is 117 cm³/mol. The summed E-state index contributed by atoms with van der Waals surface area (Å²) in [4.78, 5) is 24.2. The van der Waals surface area contributed by atoms with Crippen LogP contribution in [0, 0.1) is 5.82 Å². The maximum Gasteiger partial charge on any atom is 0.407 e. The van der Waals surface area contributed by atoms with E-state index in [1.165, 1.54) is 19.1 Å². The minimum Gasteiger partial charge on any atom is -0.449 e. The lowest BCUT2D eigenvalue weighted by Gasteiger charge is -2.19. The number of amides is 1. The summed E-state index contributed by atoms with van der Waals surface area (Å²) in [5, 5.41) is 2.81. The number of hydrogen-bond donors (Lipinski definition) is 1. The van der Waals surface area contributed by atoms with E-state index < -0.39 is 12.1 Å². The average molecular weight is 417 g/mol. The van der Waals surface area contributed by atoms with Crippen molar-refractivity contribution in [1.29, 1.82) is 0 Å². The lowest BCUT2D eigenvalue weighted by Crippen LogP contribution is -2.38. The maximum absolute atomic E-state index is 13.2. The fraction of sp³-hybridized carbons (Fsp3) is 0.231. The molecule has 158 valence electrons. The number of ether oxygens (including phenoxy) is 1. The van der Waals surface area contributed by atoms with Gasteiger partial charge in [-0.1, -0.05) is 60.7 Å². The van der Waals surface area contributed by atoms with Crippen LogP contribution >= 0.6 is 0 Å². The number of benzene rings is 3. The second-order valence-electron chi connectivity index (χ2n) is 7.90. The smallest absolute Gasteiger partial charge is 0.407 e. The summed E-state index contributed by atoms with van der Waals surface area (Å²) in [6.07, 6.45) is 0.0428. The second-order valence-corrected chi connectivity index (χ2v) is 7.90. The molecule has 0 radical (unpaired) electrons. The summed E-state index contributed by atoms with van der Waals surface area (Å²) < 4.78 is 18.7. The van der Waals surface area contributed by atoms with Gasteiger partial charge >= 0.3 is 6.09 Å². The van der Waals surface area contributed by atoms with Crippen LogP contribution in [0.25, 0.3) is 11.1 Å². The number of Topliss-reactive ketones (excluding diaryl/α,β-unsaturated/α-hetero) is 1. The van der Waals surface area contributed by atoms with Gasteiger partial charge in [0.1, 0.15) is 18.2 Å². The Bertz CT molecular complexity index is 1050. The number of carbonyl (C=O) groups excluding carboxylic acids is 2. The molecule has 3 aromatic rings. The Morgan fingerprint density at radius 1 is 0.935 bits per heavy atom. The van der Waals surface area contributed by atoms with E-state index in [1.807, 2.05) is 24.3 Å². The molecule has 0 heterocycles. The summed E-state index contributed by atoms with van der Waals surface area (Å²) in [7, 11) is 0. The molecule has 4 nitrogen and oxygen atoms in total. The highest BCUT2D eigenvalue weighted by molar-refractivity contribution is 5.79. The van der Waals surface area contributed by atoms with Gasteiger partial charge in [-0.2, -0.15) is 0 Å². The molecule has 1 amide bonds. The fourth-order valence-corrected chi connectivity index (χ4v) is 4.23. The van der Waals surface area contributed by atoms with Crippen LogP contribution in [0.4, 0.5) is 9.18 Å². The first kappa shape index (κ1) is 20.8. The van der Waals surface area contributed by atoms with Gasteiger partial charge in [-0.05, 0) is 53.3 Å². The predicted octanol–water partition coefficient (Wildman–Crippen LogP) is 5.25. The number of hydrogen-bond acceptors (Lipinski definition) is 3. The Labute approximate surface area is 181 Å². The Morgan fingerprint density at radius 3 is 2.10 bits per heavy atom. The molecule has 0 unspecified atom stereocenters. The van der Waals surface area contributed by atoms with Crippen molar-refractivity contribution in [1.82, 2.24) is 5.32 Å². The lowest BCUT2D eigenvalue weighted by molar-refractivity contribution is -0.117. The third kappa shape index (κ3) is 4.82. The number of fused-ring (bicyclic) bond motifs is 3. The van der Waals surface area contributed by atoms with Gasteiger partial charge in [0.15, 0.2) is 0 Å². The van der Waals surface area contributed by atoms with Crippen LogP contribution in [0.1, 0.15) is 36.0 Å². The standard InChI is InChI=1S/C26H24FNO3/c1-17(29)14-20(15-18-10-12-19(27)13-11-18)28-26(30)31-16-25-23-8-4-2-6-21(23)22-7-3-5-9-24(22)25/h2-13,20,25H,14-16H2,1H3,(H,28,30)/t20-/m1/s1. The van der Waals surface area contributed by atoms with Crippen molar-refractivity contribution < 1.29 is 18.7 Å². The van der Waals surface area contributed by atoms with E-state index >= 15 is 0 Å². The molecule has 1 atom stereocenters. The van der Waals surface area contributed by atoms with Gasteiger partial charge in [-0.15, -0.1) is 0 Å². The number of alkyl carbamates (subject to hydrolysis) is 1. The zero-order valence-corrected chi connectivity index (χ0v) is 17.3. The number of rotatable bonds is 7. The molecular formula is C26H24FNO3. The van der Waals surface area contributed by atoms with E-state index in [9.17, 15) is 14.0 Å². The number of carbonyl (C=O) groups is 2. The largest absolute Gasteiger partial charge is 0.449 e. The highest BCUT2D eigenvalue weighted by Gasteiger charge is 2.29. The number of nitrogens with one attached hydrogen (secondary N) is 1. The van der Waals surface area contributed by atoms with Crippen LogP contribution in [0.2, 0.25) is 0 Å². The van der Waals surface area contributed by atoms with Crippen LogP contribution < -0.4 is 5.32 Å². The third-order valence-electron chi connectivity index (χ3n) is 5.59. The van der Waals surface area contributed by atoms with Crippen LogP contribution in [0.5, 0.6) is 0 Å². The van der Waals surface area contributed by atoms with Crippen LogP contribution in [0.15, 0.2) is 72.8 Å². The van der Waals surface area contributed by atoms with Crippen molar-refractivity contribution >= 4 is 11.9 Å². The van der Waals surface area contributed by atoms with Crippen LogP contribution in [-0.4, -0.2) is 24.5 Å². The third-order valence-corrected chi connectivity index (χ3v) is 5.59. The molecule has 0 fully saturated rings. The van der Waals surface area contributed by atoms with E-state index in [-0.39, 0.29) is 30.5 Å². The summed E-state index contributed by atoms with van der Waals surface area (Å²) in [6, 6.07) is 21.9. The molecule has 0 bridgehead atoms. The van der Waals surface area contributed by atoms with Crippen molar-refractivity contribution in [2.24, 2.45) is 0 Å². The van der Waals surface area contributed by atoms with Crippen molar-refractivity contribution in [3.63, 3.8) is 0 Å². The number of ketones is 1. The summed E-state index contributed by atoms with van der Waals surface area (Å²) >= 11 is 0. The zero-order chi connectivity index (χ0) is 21.8. The normalized spacial score (nSPS) is 13.2. The Hall–Kier alpha value is -3.47. The van der Waals surface area contributed by atoms with Gasteiger partial charge in [-0.3, -0.25) is 4.79 Å². The monoisotopic (exact) mass is 417 g/mol. The van der Waals surface area contributed by atoms with Gasteiger partial charge in [0.25, 0.3) is 0 Å². The van der Waals surface area contributed by atoms with Gasteiger partial charge in [0.05, 0.1) is 0 Å². The minimum absolute atomic E-state index is 0.0264. The fourth-order valence-electron chi connectivity index (χ4n) is 4.23. The summed E-state index contributed by atoms with van der Waals surface area (Å²) in [6.45, 7) is 1.69. The van der Waals surface area contributed by atoms with Crippen LogP contribution in [-0.2, 0) is 16.0 Å². The van der Waals surface area contributed by atoms with E-state index in [2.05, 4.69) is 29.6 Å². The zero-order valence-electron chi connectivity index (χ0n) is 17.3. The van der Waals surface area contributed by atoms with E-state index in [1.54, 1.807) is 12.1 Å².